The minimum absolute atomic E-state index is 0.136. The second kappa shape index (κ2) is 6.31. The molecule has 0 unspecified atom stereocenters. The minimum Gasteiger partial charge on any atom is -0.321 e. The number of anilines is 1. The molecule has 0 spiro atoms. The van der Waals surface area contributed by atoms with Crippen molar-refractivity contribution >= 4 is 11.6 Å². The van der Waals surface area contributed by atoms with Crippen molar-refractivity contribution in [3.8, 4) is 11.8 Å². The highest BCUT2D eigenvalue weighted by Gasteiger charge is 2.07. The summed E-state index contributed by atoms with van der Waals surface area (Å²) in [5, 5.41) is 8.51. The fraction of sp³-hybridized carbons (Fsp3) is 0.0714. The van der Waals surface area contributed by atoms with E-state index in [4.69, 9.17) is 5.73 Å². The van der Waals surface area contributed by atoms with Gasteiger partial charge in [-0.05, 0) is 30.3 Å². The molecule has 0 fully saturated rings. The zero-order valence-electron chi connectivity index (χ0n) is 10.5. The summed E-state index contributed by atoms with van der Waals surface area (Å²) in [6.45, 7) is 0.302. The molecule has 1 amide bonds. The Bertz CT molecular complexity index is 703. The van der Waals surface area contributed by atoms with Crippen LogP contribution in [-0.4, -0.2) is 22.6 Å². The van der Waals surface area contributed by atoms with Crippen LogP contribution in [0.5, 0.6) is 0 Å². The fourth-order valence-corrected chi connectivity index (χ4v) is 1.46. The van der Waals surface area contributed by atoms with Gasteiger partial charge in [0.05, 0.1) is 6.54 Å². The largest absolute Gasteiger partial charge is 0.321 e. The molecule has 6 nitrogen and oxygen atoms in total. The van der Waals surface area contributed by atoms with Crippen molar-refractivity contribution in [1.82, 2.24) is 10.2 Å². The smallest absolute Gasteiger partial charge is 0.276 e. The first-order chi connectivity index (χ1) is 9.69. The lowest BCUT2D eigenvalue weighted by molar-refractivity contribution is 0.102. The van der Waals surface area contributed by atoms with Crippen molar-refractivity contribution in [2.75, 3.05) is 11.9 Å². The monoisotopic (exact) mass is 268 g/mol. The van der Waals surface area contributed by atoms with E-state index >= 15 is 0 Å². The molecule has 0 aliphatic carbocycles. The number of nitrogens with one attached hydrogen (secondary N) is 2. The van der Waals surface area contributed by atoms with Gasteiger partial charge in [0.25, 0.3) is 11.5 Å². The average molecular weight is 268 g/mol. The van der Waals surface area contributed by atoms with Crippen molar-refractivity contribution in [1.29, 1.82) is 0 Å². The van der Waals surface area contributed by atoms with E-state index in [9.17, 15) is 9.59 Å². The minimum atomic E-state index is -0.401. The molecule has 1 heterocycles. The number of aromatic nitrogens is 2. The van der Waals surface area contributed by atoms with E-state index in [1.165, 1.54) is 12.1 Å². The van der Waals surface area contributed by atoms with Gasteiger partial charge in [0.2, 0.25) is 0 Å². The third-order valence-electron chi connectivity index (χ3n) is 2.39. The number of aromatic amines is 1. The van der Waals surface area contributed by atoms with E-state index in [0.29, 0.717) is 12.2 Å². The van der Waals surface area contributed by atoms with E-state index < -0.39 is 5.91 Å². The predicted octanol–water partition coefficient (Wildman–Crippen LogP) is 0.332. The van der Waals surface area contributed by atoms with Crippen molar-refractivity contribution < 1.29 is 4.79 Å². The molecule has 0 aliphatic rings. The molecule has 0 atom stereocenters. The summed E-state index contributed by atoms with van der Waals surface area (Å²) >= 11 is 0. The van der Waals surface area contributed by atoms with Gasteiger partial charge in [-0.15, -0.1) is 0 Å². The van der Waals surface area contributed by atoms with Gasteiger partial charge in [0.1, 0.15) is 5.69 Å². The molecule has 1 aromatic heterocycles. The zero-order valence-corrected chi connectivity index (χ0v) is 10.5. The Kier molecular flexibility index (Phi) is 4.27. The maximum absolute atomic E-state index is 11.8. The van der Waals surface area contributed by atoms with Crippen molar-refractivity contribution in [3.63, 3.8) is 0 Å². The predicted molar refractivity (Wildman–Crippen MR) is 75.2 cm³/mol. The van der Waals surface area contributed by atoms with Crippen LogP contribution in [0.25, 0.3) is 0 Å². The van der Waals surface area contributed by atoms with E-state index in [-0.39, 0.29) is 11.3 Å². The molecule has 100 valence electrons. The number of carbonyl (C=O) groups is 1. The zero-order chi connectivity index (χ0) is 14.4. The van der Waals surface area contributed by atoms with Crippen LogP contribution < -0.4 is 16.6 Å². The van der Waals surface area contributed by atoms with E-state index in [1.54, 1.807) is 24.3 Å². The van der Waals surface area contributed by atoms with Gasteiger partial charge in [-0.3, -0.25) is 9.59 Å². The Morgan fingerprint density at radius 2 is 2.00 bits per heavy atom. The second-order valence-corrected chi connectivity index (χ2v) is 3.84. The molecule has 0 bridgehead atoms. The molecular formula is C14H12N4O2. The van der Waals surface area contributed by atoms with Gasteiger partial charge < -0.3 is 11.1 Å². The summed E-state index contributed by atoms with van der Waals surface area (Å²) in [7, 11) is 0. The Hall–Kier alpha value is -2.91. The van der Waals surface area contributed by atoms with Gasteiger partial charge in [0.15, 0.2) is 0 Å². The first-order valence-corrected chi connectivity index (χ1v) is 5.85. The van der Waals surface area contributed by atoms with Crippen LogP contribution >= 0.6 is 0 Å². The highest BCUT2D eigenvalue weighted by molar-refractivity contribution is 6.02. The Balaban J connectivity index is 2.08. The molecule has 0 saturated carbocycles. The third kappa shape index (κ3) is 3.54. The highest BCUT2D eigenvalue weighted by Crippen LogP contribution is 2.09. The number of nitrogens with zero attached hydrogens (tertiary/aromatic N) is 1. The lowest BCUT2D eigenvalue weighted by Gasteiger charge is -2.04. The quantitative estimate of drug-likeness (QED) is 0.683. The summed E-state index contributed by atoms with van der Waals surface area (Å²) < 4.78 is 0. The molecule has 0 aliphatic heterocycles. The average Bonchev–Trinajstić information content (AvgIpc) is 2.47. The number of nitrogens with two attached hydrogens (primary N) is 1. The van der Waals surface area contributed by atoms with Crippen molar-refractivity contribution in [2.45, 2.75) is 0 Å². The van der Waals surface area contributed by atoms with Crippen LogP contribution in [0.4, 0.5) is 5.69 Å². The SMILES string of the molecule is NCC#Cc1ccc(NC(=O)c2ccc(=O)[nH]n2)cc1. The maximum atomic E-state index is 11.8. The van der Waals surface area contributed by atoms with Gasteiger partial charge >= 0.3 is 0 Å². The lowest BCUT2D eigenvalue weighted by Crippen LogP contribution is -2.17. The Morgan fingerprint density at radius 3 is 2.60 bits per heavy atom. The summed E-state index contributed by atoms with van der Waals surface area (Å²) in [4.78, 5) is 22.7. The van der Waals surface area contributed by atoms with Crippen LogP contribution in [0.15, 0.2) is 41.2 Å². The third-order valence-corrected chi connectivity index (χ3v) is 2.39. The topological polar surface area (TPSA) is 101 Å². The van der Waals surface area contributed by atoms with Crippen molar-refractivity contribution in [3.05, 3.63) is 58.0 Å². The molecule has 2 aromatic rings. The summed E-state index contributed by atoms with van der Waals surface area (Å²) in [6, 6.07) is 9.61. The summed E-state index contributed by atoms with van der Waals surface area (Å²) in [5.74, 6) is 5.22. The molecular weight excluding hydrogens is 256 g/mol. The first-order valence-electron chi connectivity index (χ1n) is 5.85. The fourth-order valence-electron chi connectivity index (χ4n) is 1.46. The second-order valence-electron chi connectivity index (χ2n) is 3.84. The molecule has 6 heteroatoms. The van der Waals surface area contributed by atoms with Crippen LogP contribution in [0.1, 0.15) is 16.1 Å². The van der Waals surface area contributed by atoms with E-state index in [2.05, 4.69) is 27.4 Å². The van der Waals surface area contributed by atoms with Gasteiger partial charge in [0, 0.05) is 17.3 Å². The van der Waals surface area contributed by atoms with Crippen LogP contribution in [-0.2, 0) is 0 Å². The van der Waals surface area contributed by atoms with Crippen LogP contribution in [0.3, 0.4) is 0 Å². The Labute approximate surface area is 115 Å². The number of carbonyl (C=O) groups excluding carboxylic acids is 1. The molecule has 0 radical (unpaired) electrons. The number of hydrogen-bond acceptors (Lipinski definition) is 4. The Morgan fingerprint density at radius 1 is 1.25 bits per heavy atom. The number of amides is 1. The summed E-state index contributed by atoms with van der Waals surface area (Å²) in [6.07, 6.45) is 0. The molecule has 1 aromatic carbocycles. The molecule has 0 saturated heterocycles. The van der Waals surface area contributed by atoms with E-state index in [1.807, 2.05) is 0 Å². The van der Waals surface area contributed by atoms with Gasteiger partial charge in [-0.1, -0.05) is 11.8 Å². The molecule has 2 rings (SSSR count). The summed E-state index contributed by atoms with van der Waals surface area (Å²) in [5.41, 5.74) is 6.49. The number of hydrogen-bond donors (Lipinski definition) is 3. The van der Waals surface area contributed by atoms with Gasteiger partial charge in [-0.2, -0.15) is 5.10 Å². The standard InChI is InChI=1S/C14H12N4O2/c15-9-1-2-10-3-5-11(6-4-10)16-14(20)12-7-8-13(19)18-17-12/h3-8H,9,15H2,(H,16,20)(H,18,19). The van der Waals surface area contributed by atoms with Crippen molar-refractivity contribution in [2.24, 2.45) is 5.73 Å². The molecule has 4 N–H and O–H groups in total. The maximum Gasteiger partial charge on any atom is 0.276 e. The first kappa shape index (κ1) is 13.5. The number of benzene rings is 1. The normalized spacial score (nSPS) is 9.45. The number of rotatable bonds is 2. The highest BCUT2D eigenvalue weighted by atomic mass is 16.2. The van der Waals surface area contributed by atoms with E-state index in [0.717, 1.165) is 5.56 Å². The van der Waals surface area contributed by atoms with Crippen LogP contribution in [0, 0.1) is 11.8 Å². The van der Waals surface area contributed by atoms with Gasteiger partial charge in [-0.25, -0.2) is 5.10 Å². The lowest BCUT2D eigenvalue weighted by atomic mass is 10.2. The number of H-pyrrole nitrogens is 1. The van der Waals surface area contributed by atoms with Crippen LogP contribution in [0.2, 0.25) is 0 Å². The molecule has 20 heavy (non-hydrogen) atoms.